The van der Waals surface area contributed by atoms with Gasteiger partial charge in [0.2, 0.25) is 0 Å². The predicted molar refractivity (Wildman–Crippen MR) is 43.6 cm³/mol. The Kier molecular flexibility index (Phi) is 1.26. The maximum absolute atomic E-state index is 4.20. The normalized spacial score (nSPS) is 39.2. The van der Waals surface area contributed by atoms with Crippen molar-refractivity contribution in [2.75, 3.05) is 19.6 Å². The number of nitrogens with zero attached hydrogens (tertiary/aromatic N) is 4. The van der Waals surface area contributed by atoms with E-state index in [1.165, 1.54) is 26.1 Å². The Hall–Kier alpha value is -0.900. The number of hydrogen-bond acceptors (Lipinski definition) is 3. The highest BCUT2D eigenvalue weighted by atomic mass is 15.4. The van der Waals surface area contributed by atoms with E-state index in [0.717, 1.165) is 5.92 Å². The van der Waals surface area contributed by atoms with Crippen LogP contribution in [0, 0.1) is 5.92 Å². The van der Waals surface area contributed by atoms with Gasteiger partial charge in [-0.25, -0.2) is 9.67 Å². The van der Waals surface area contributed by atoms with Gasteiger partial charge in [0, 0.05) is 13.1 Å². The van der Waals surface area contributed by atoms with Crippen molar-refractivity contribution in [3.63, 3.8) is 0 Å². The molecule has 12 heavy (non-hydrogen) atoms. The van der Waals surface area contributed by atoms with Crippen LogP contribution in [0.1, 0.15) is 12.5 Å². The Morgan fingerprint density at radius 2 is 2.33 bits per heavy atom. The van der Waals surface area contributed by atoms with Gasteiger partial charge in [0.25, 0.3) is 0 Å². The molecular weight excluding hydrogens is 152 g/mol. The SMILES string of the molecule is c1ncn([C@@H]2CN3CC[C@H]2C3)n1. The summed E-state index contributed by atoms with van der Waals surface area (Å²) in [4.78, 5) is 6.49. The van der Waals surface area contributed by atoms with Crippen molar-refractivity contribution in [1.29, 1.82) is 0 Å². The standard InChI is InChI=1S/C8H12N4/c1-2-11-3-7(1)8(4-11)12-6-9-5-10-12/h5-8H,1-4H2/t7-,8+/m0/s1. The van der Waals surface area contributed by atoms with Crippen LogP contribution in [-0.2, 0) is 0 Å². The van der Waals surface area contributed by atoms with Gasteiger partial charge in [0.15, 0.2) is 0 Å². The van der Waals surface area contributed by atoms with E-state index < -0.39 is 0 Å². The summed E-state index contributed by atoms with van der Waals surface area (Å²) in [6, 6.07) is 0.598. The zero-order chi connectivity index (χ0) is 7.97. The molecule has 2 fully saturated rings. The van der Waals surface area contributed by atoms with Crippen molar-refractivity contribution in [2.24, 2.45) is 5.92 Å². The first-order chi connectivity index (χ1) is 5.93. The van der Waals surface area contributed by atoms with Crippen LogP contribution in [0.25, 0.3) is 0 Å². The van der Waals surface area contributed by atoms with Crippen molar-refractivity contribution in [3.8, 4) is 0 Å². The van der Waals surface area contributed by atoms with Crippen molar-refractivity contribution in [3.05, 3.63) is 12.7 Å². The second-order valence-corrected chi connectivity index (χ2v) is 3.75. The van der Waals surface area contributed by atoms with Crippen LogP contribution in [0.5, 0.6) is 0 Å². The van der Waals surface area contributed by atoms with E-state index in [9.17, 15) is 0 Å². The molecule has 0 amide bonds. The molecule has 2 aliphatic heterocycles. The molecule has 0 N–H and O–H groups in total. The van der Waals surface area contributed by atoms with Crippen LogP contribution in [0.4, 0.5) is 0 Å². The summed E-state index contributed by atoms with van der Waals surface area (Å²) in [6.45, 7) is 3.73. The highest BCUT2D eigenvalue weighted by molar-refractivity contribution is 4.93. The van der Waals surface area contributed by atoms with Crippen molar-refractivity contribution < 1.29 is 0 Å². The molecule has 4 heteroatoms. The van der Waals surface area contributed by atoms with Gasteiger partial charge in [-0.2, -0.15) is 5.10 Å². The Labute approximate surface area is 71.2 Å². The number of aromatic nitrogens is 3. The molecule has 1 aromatic heterocycles. The van der Waals surface area contributed by atoms with Crippen LogP contribution < -0.4 is 0 Å². The summed E-state index contributed by atoms with van der Waals surface area (Å²) >= 11 is 0. The Morgan fingerprint density at radius 1 is 1.33 bits per heavy atom. The largest absolute Gasteiger partial charge is 0.301 e. The lowest BCUT2D eigenvalue weighted by atomic mass is 10.0. The minimum atomic E-state index is 0.598. The fourth-order valence-corrected chi connectivity index (χ4v) is 2.44. The third-order valence-electron chi connectivity index (χ3n) is 3.07. The first kappa shape index (κ1) is 6.60. The van der Waals surface area contributed by atoms with Crippen LogP contribution in [0.3, 0.4) is 0 Å². The average Bonchev–Trinajstić information content (AvgIpc) is 2.81. The summed E-state index contributed by atoms with van der Waals surface area (Å²) in [5.74, 6) is 0.826. The molecule has 0 saturated carbocycles. The van der Waals surface area contributed by atoms with E-state index in [1.807, 2.05) is 11.0 Å². The molecule has 0 aliphatic carbocycles. The molecule has 0 spiro atoms. The van der Waals surface area contributed by atoms with Gasteiger partial charge >= 0.3 is 0 Å². The molecule has 0 radical (unpaired) electrons. The number of rotatable bonds is 1. The molecule has 1 unspecified atom stereocenters. The second-order valence-electron chi connectivity index (χ2n) is 3.75. The van der Waals surface area contributed by atoms with E-state index in [0.29, 0.717) is 6.04 Å². The Balaban J connectivity index is 1.87. The summed E-state index contributed by atoms with van der Waals surface area (Å²) in [6.07, 6.45) is 4.80. The monoisotopic (exact) mass is 164 g/mol. The molecule has 64 valence electrons. The Bertz CT molecular complexity index is 269. The second kappa shape index (κ2) is 2.29. The predicted octanol–water partition coefficient (Wildman–Crippen LogP) is 0.155. The first-order valence-corrected chi connectivity index (χ1v) is 4.50. The van der Waals surface area contributed by atoms with Gasteiger partial charge in [-0.1, -0.05) is 0 Å². The number of hydrogen-bond donors (Lipinski definition) is 0. The van der Waals surface area contributed by atoms with E-state index in [4.69, 9.17) is 0 Å². The lowest BCUT2D eigenvalue weighted by molar-refractivity contribution is 0.285. The first-order valence-electron chi connectivity index (χ1n) is 4.50. The topological polar surface area (TPSA) is 34.0 Å². The summed E-state index contributed by atoms with van der Waals surface area (Å²) in [7, 11) is 0. The van der Waals surface area contributed by atoms with E-state index in [2.05, 4.69) is 15.0 Å². The molecular formula is C8H12N4. The zero-order valence-corrected chi connectivity index (χ0v) is 6.93. The van der Waals surface area contributed by atoms with Crippen LogP contribution in [0.15, 0.2) is 12.7 Å². The minimum absolute atomic E-state index is 0.598. The van der Waals surface area contributed by atoms with Crippen LogP contribution in [-0.4, -0.2) is 39.3 Å². The van der Waals surface area contributed by atoms with Crippen molar-refractivity contribution >= 4 is 0 Å². The number of piperidine rings is 1. The smallest absolute Gasteiger partial charge is 0.137 e. The summed E-state index contributed by atoms with van der Waals surface area (Å²) < 4.78 is 2.02. The lowest BCUT2D eigenvalue weighted by Gasteiger charge is -2.21. The van der Waals surface area contributed by atoms with Crippen molar-refractivity contribution in [2.45, 2.75) is 12.5 Å². The third kappa shape index (κ3) is 0.813. The van der Waals surface area contributed by atoms with Crippen LogP contribution >= 0.6 is 0 Å². The molecule has 0 aromatic carbocycles. The van der Waals surface area contributed by atoms with Gasteiger partial charge in [-0.05, 0) is 18.9 Å². The highest BCUT2D eigenvalue weighted by Gasteiger charge is 2.39. The molecule has 1 aromatic rings. The lowest BCUT2D eigenvalue weighted by Crippen LogP contribution is -2.26. The van der Waals surface area contributed by atoms with Gasteiger partial charge in [0.05, 0.1) is 6.04 Å². The molecule has 4 nitrogen and oxygen atoms in total. The van der Waals surface area contributed by atoms with E-state index in [-0.39, 0.29) is 0 Å². The quantitative estimate of drug-likeness (QED) is 0.592. The maximum Gasteiger partial charge on any atom is 0.137 e. The third-order valence-corrected chi connectivity index (χ3v) is 3.07. The highest BCUT2D eigenvalue weighted by Crippen LogP contribution is 2.35. The molecule has 3 rings (SSSR count). The van der Waals surface area contributed by atoms with Gasteiger partial charge in [-0.15, -0.1) is 0 Å². The van der Waals surface area contributed by atoms with Crippen LogP contribution in [0.2, 0.25) is 0 Å². The summed E-state index contributed by atoms with van der Waals surface area (Å²) in [5, 5.41) is 4.20. The molecule has 2 bridgehead atoms. The molecule has 3 heterocycles. The number of fused-ring (bicyclic) bond motifs is 2. The van der Waals surface area contributed by atoms with E-state index in [1.54, 1.807) is 6.33 Å². The van der Waals surface area contributed by atoms with E-state index >= 15 is 0 Å². The van der Waals surface area contributed by atoms with Gasteiger partial charge in [0.1, 0.15) is 12.7 Å². The minimum Gasteiger partial charge on any atom is -0.301 e. The van der Waals surface area contributed by atoms with Crippen molar-refractivity contribution in [1.82, 2.24) is 19.7 Å². The molecule has 2 saturated heterocycles. The average molecular weight is 164 g/mol. The fraction of sp³-hybridized carbons (Fsp3) is 0.750. The van der Waals surface area contributed by atoms with Gasteiger partial charge < -0.3 is 4.90 Å². The zero-order valence-electron chi connectivity index (χ0n) is 6.93. The molecule has 2 aliphatic rings. The Morgan fingerprint density at radius 3 is 2.92 bits per heavy atom. The molecule has 3 atom stereocenters. The fourth-order valence-electron chi connectivity index (χ4n) is 2.44. The summed E-state index contributed by atoms with van der Waals surface area (Å²) in [5.41, 5.74) is 0. The maximum atomic E-state index is 4.20. The van der Waals surface area contributed by atoms with Gasteiger partial charge in [-0.3, -0.25) is 0 Å².